The Bertz CT molecular complexity index is 803. The van der Waals surface area contributed by atoms with Crippen molar-refractivity contribution in [3.63, 3.8) is 0 Å². The monoisotopic (exact) mass is 410 g/mol. The van der Waals surface area contributed by atoms with Crippen molar-refractivity contribution in [3.8, 4) is 0 Å². The van der Waals surface area contributed by atoms with E-state index < -0.39 is 0 Å². The molecule has 30 heavy (non-hydrogen) atoms. The second-order valence-corrected chi connectivity index (χ2v) is 12.1. The molecular weight excluding hydrogens is 376 g/mol. The third-order valence-corrected chi connectivity index (χ3v) is 11.1. The molecule has 0 aliphatic heterocycles. The minimum atomic E-state index is -0.274. The number of esters is 2. The van der Waals surface area contributed by atoms with Crippen molar-refractivity contribution in [2.75, 3.05) is 0 Å². The van der Waals surface area contributed by atoms with Gasteiger partial charge in [0.05, 0.1) is 5.92 Å². The van der Waals surface area contributed by atoms with Gasteiger partial charge < -0.3 is 9.47 Å². The summed E-state index contributed by atoms with van der Waals surface area (Å²) in [7, 11) is 0. The maximum Gasteiger partial charge on any atom is 0.330 e. The first-order chi connectivity index (χ1) is 14.5. The number of carbonyl (C=O) groups excluding carboxylic acids is 2. The highest BCUT2D eigenvalue weighted by molar-refractivity contribution is 5.81. The van der Waals surface area contributed by atoms with Crippen LogP contribution in [0.25, 0.3) is 0 Å². The Morgan fingerprint density at radius 3 is 2.53 bits per heavy atom. The second-order valence-electron chi connectivity index (χ2n) is 12.1. The van der Waals surface area contributed by atoms with Crippen molar-refractivity contribution >= 4 is 11.9 Å². The van der Waals surface area contributed by atoms with Crippen molar-refractivity contribution < 1.29 is 19.1 Å². The SMILES string of the molecule is C=CC(=O)OC1CC2CC1C1C3CC(C(=O)OC45CCCC6CC(C4)[C@H]6C5)C(C3)C21. The van der Waals surface area contributed by atoms with Gasteiger partial charge in [-0.25, -0.2) is 4.79 Å². The van der Waals surface area contributed by atoms with Crippen molar-refractivity contribution in [3.05, 3.63) is 12.7 Å². The number of rotatable bonds is 4. The van der Waals surface area contributed by atoms with Crippen LogP contribution in [0.5, 0.6) is 0 Å². The maximum atomic E-state index is 13.5. The Kier molecular flexibility index (Phi) is 3.74. The molecule has 0 amide bonds. The van der Waals surface area contributed by atoms with E-state index in [0.717, 1.165) is 49.9 Å². The van der Waals surface area contributed by atoms with Gasteiger partial charge in [-0.1, -0.05) is 13.0 Å². The van der Waals surface area contributed by atoms with Crippen LogP contribution < -0.4 is 0 Å². The maximum absolute atomic E-state index is 13.5. The summed E-state index contributed by atoms with van der Waals surface area (Å²) in [6.07, 6.45) is 13.2. The van der Waals surface area contributed by atoms with Crippen LogP contribution in [0.3, 0.4) is 0 Å². The van der Waals surface area contributed by atoms with Gasteiger partial charge in [0.2, 0.25) is 0 Å². The summed E-state index contributed by atoms with van der Waals surface area (Å²) in [5, 5.41) is 0. The fraction of sp³-hybridized carbons (Fsp3) is 0.846. The molecule has 7 aliphatic rings. The van der Waals surface area contributed by atoms with Gasteiger partial charge in [-0.3, -0.25) is 4.79 Å². The van der Waals surface area contributed by atoms with Crippen LogP contribution in [-0.2, 0) is 19.1 Å². The number of hydrogen-bond donors (Lipinski definition) is 0. The molecular formula is C26H34O4. The van der Waals surface area contributed by atoms with E-state index >= 15 is 0 Å². The van der Waals surface area contributed by atoms with Gasteiger partial charge in [-0.05, 0) is 111 Å². The lowest BCUT2D eigenvalue weighted by Crippen LogP contribution is -2.43. The largest absolute Gasteiger partial charge is 0.459 e. The smallest absolute Gasteiger partial charge is 0.330 e. The normalized spacial score (nSPS) is 56.2. The number of fused-ring (bicyclic) bond motifs is 10. The summed E-state index contributed by atoms with van der Waals surface area (Å²) in [6.45, 7) is 3.55. The van der Waals surface area contributed by atoms with Gasteiger partial charge in [-0.2, -0.15) is 0 Å². The molecule has 0 aromatic carbocycles. The average molecular weight is 411 g/mol. The Balaban J connectivity index is 1.05. The van der Waals surface area contributed by atoms with E-state index in [1.165, 1.54) is 38.2 Å². The Morgan fingerprint density at radius 1 is 0.867 bits per heavy atom. The van der Waals surface area contributed by atoms with Crippen molar-refractivity contribution in [2.24, 2.45) is 59.2 Å². The molecule has 7 aliphatic carbocycles. The lowest BCUT2D eigenvalue weighted by Gasteiger charge is -2.41. The van der Waals surface area contributed by atoms with Gasteiger partial charge in [0.15, 0.2) is 0 Å². The Hall–Kier alpha value is -1.32. The molecule has 11 unspecified atom stereocenters. The van der Waals surface area contributed by atoms with Crippen LogP contribution >= 0.6 is 0 Å². The van der Waals surface area contributed by atoms with Crippen LogP contribution in [0.1, 0.15) is 64.2 Å². The van der Waals surface area contributed by atoms with E-state index in [4.69, 9.17) is 9.47 Å². The number of carbonyl (C=O) groups is 2. The second kappa shape index (κ2) is 6.13. The van der Waals surface area contributed by atoms with E-state index in [1.54, 1.807) is 0 Å². The summed E-state index contributed by atoms with van der Waals surface area (Å²) in [5.41, 5.74) is -0.114. The van der Waals surface area contributed by atoms with Gasteiger partial charge in [0.1, 0.15) is 11.7 Å². The van der Waals surface area contributed by atoms with Crippen molar-refractivity contribution in [2.45, 2.75) is 75.9 Å². The first-order valence-electron chi connectivity index (χ1n) is 12.6. The predicted octanol–water partition coefficient (Wildman–Crippen LogP) is 4.52. The lowest BCUT2D eigenvalue weighted by atomic mass is 9.65. The standard InChI is InChI=1S/C26H34O4/c1-2-22(27)29-21-10-15-9-19(21)24-14-7-17(23(15)24)18(8-14)25(28)30-26-5-3-4-13-6-16(11-26)20(13)12-26/h2,13-21,23-24H,1,3-12H2/t13?,14?,15?,16?,17?,18?,19?,20-,21?,23?,24?,26?/m0/s1. The lowest BCUT2D eigenvalue weighted by molar-refractivity contribution is -0.169. The summed E-state index contributed by atoms with van der Waals surface area (Å²) >= 11 is 0. The molecule has 7 rings (SSSR count). The van der Waals surface area contributed by atoms with Gasteiger partial charge in [0.25, 0.3) is 0 Å². The van der Waals surface area contributed by atoms with Gasteiger partial charge in [0, 0.05) is 6.08 Å². The van der Waals surface area contributed by atoms with Crippen LogP contribution in [0, 0.1) is 59.2 Å². The van der Waals surface area contributed by atoms with Gasteiger partial charge >= 0.3 is 11.9 Å². The highest BCUT2D eigenvalue weighted by atomic mass is 16.6. The molecule has 0 aromatic heterocycles. The molecule has 0 radical (unpaired) electrons. The van der Waals surface area contributed by atoms with Crippen LogP contribution in [-0.4, -0.2) is 23.6 Å². The molecule has 0 saturated heterocycles. The molecule has 0 spiro atoms. The Labute approximate surface area is 179 Å². The average Bonchev–Trinajstić information content (AvgIpc) is 3.48. The number of ether oxygens (including phenoxy) is 2. The fourth-order valence-electron chi connectivity index (χ4n) is 10.3. The van der Waals surface area contributed by atoms with E-state index in [2.05, 4.69) is 6.58 Å². The van der Waals surface area contributed by atoms with Crippen LogP contribution in [0.2, 0.25) is 0 Å². The minimum Gasteiger partial charge on any atom is -0.459 e. The minimum absolute atomic E-state index is 0.0817. The molecule has 12 atom stereocenters. The van der Waals surface area contributed by atoms with Crippen molar-refractivity contribution in [1.82, 2.24) is 0 Å². The van der Waals surface area contributed by atoms with Gasteiger partial charge in [-0.15, -0.1) is 0 Å². The summed E-state index contributed by atoms with van der Waals surface area (Å²) in [4.78, 5) is 25.2. The van der Waals surface area contributed by atoms with E-state index in [9.17, 15) is 9.59 Å². The Morgan fingerprint density at radius 2 is 1.67 bits per heavy atom. The topological polar surface area (TPSA) is 52.6 Å². The highest BCUT2D eigenvalue weighted by Crippen LogP contribution is 2.69. The number of hydrogen-bond acceptors (Lipinski definition) is 4. The van der Waals surface area contributed by atoms with Crippen molar-refractivity contribution in [1.29, 1.82) is 0 Å². The molecule has 7 fully saturated rings. The third-order valence-electron chi connectivity index (χ3n) is 11.1. The quantitative estimate of drug-likeness (QED) is 0.388. The molecule has 162 valence electrons. The summed E-state index contributed by atoms with van der Waals surface area (Å²) < 4.78 is 12.2. The molecule has 0 aromatic rings. The molecule has 4 heteroatoms. The van der Waals surface area contributed by atoms with Crippen LogP contribution in [0.15, 0.2) is 12.7 Å². The van der Waals surface area contributed by atoms with E-state index in [1.807, 2.05) is 0 Å². The van der Waals surface area contributed by atoms with E-state index in [0.29, 0.717) is 35.5 Å². The molecule has 0 N–H and O–H groups in total. The first kappa shape index (κ1) is 18.3. The molecule has 6 bridgehead atoms. The highest BCUT2D eigenvalue weighted by Gasteiger charge is 2.67. The zero-order valence-electron chi connectivity index (χ0n) is 17.8. The predicted molar refractivity (Wildman–Crippen MR) is 110 cm³/mol. The zero-order chi connectivity index (χ0) is 20.2. The third kappa shape index (κ3) is 2.34. The zero-order valence-corrected chi connectivity index (χ0v) is 17.8. The summed E-state index contributed by atoms with van der Waals surface area (Å²) in [5.74, 6) is 6.27. The fourth-order valence-corrected chi connectivity index (χ4v) is 10.3. The first-order valence-corrected chi connectivity index (χ1v) is 12.6. The molecule has 0 heterocycles. The molecule has 4 nitrogen and oxygen atoms in total. The van der Waals surface area contributed by atoms with E-state index in [-0.39, 0.29) is 29.6 Å². The summed E-state index contributed by atoms with van der Waals surface area (Å²) in [6, 6.07) is 0. The molecule has 7 saturated carbocycles. The van der Waals surface area contributed by atoms with Crippen LogP contribution in [0.4, 0.5) is 0 Å².